The third-order valence-corrected chi connectivity index (χ3v) is 38.0. The van der Waals surface area contributed by atoms with Crippen LogP contribution in [0.1, 0.15) is 302 Å². The molecule has 2 aliphatic carbocycles. The number of hydrogen-bond acceptors (Lipinski definition) is 6. The number of aromatic nitrogens is 3. The van der Waals surface area contributed by atoms with E-state index in [-0.39, 0.29) is 27.7 Å². The molecule has 0 saturated heterocycles. The van der Waals surface area contributed by atoms with Gasteiger partial charge in [0.1, 0.15) is 17.2 Å². The minimum Gasteiger partial charge on any atom is -0.670 e. The molecule has 13 aromatic carbocycles. The summed E-state index contributed by atoms with van der Waals surface area (Å²) in [5.41, 5.74) is 33.0. The number of halogens is 6. The topological polar surface area (TPSA) is 140 Å². The van der Waals surface area contributed by atoms with Crippen LogP contribution in [0.4, 0.5) is 17.1 Å². The fraction of sp³-hybridized carbons (Fsp3) is 0.346. The maximum atomic E-state index is 11.0. The Morgan fingerprint density at radius 1 is 0.277 bits per heavy atom. The number of phenols is 3. The van der Waals surface area contributed by atoms with Gasteiger partial charge in [-0.2, -0.15) is 35.2 Å². The normalized spacial score (nSPS) is 12.1. The van der Waals surface area contributed by atoms with Crippen molar-refractivity contribution in [2.24, 2.45) is 26.7 Å². The summed E-state index contributed by atoms with van der Waals surface area (Å²) in [5.74, 6) is 4.22. The summed E-state index contributed by atoms with van der Waals surface area (Å²) >= 11 is 20.5. The van der Waals surface area contributed by atoms with E-state index in [1.165, 1.54) is 114 Å². The van der Waals surface area contributed by atoms with Gasteiger partial charge >= 0.3 is 380 Å². The van der Waals surface area contributed by atoms with E-state index < -0.39 is 53.8 Å². The van der Waals surface area contributed by atoms with Gasteiger partial charge in [0.25, 0.3) is 0 Å². The summed E-state index contributed by atoms with van der Waals surface area (Å²) in [6.45, 7) is 61.7. The molecule has 3 aromatic heterocycles. The van der Waals surface area contributed by atoms with E-state index >= 15 is 0 Å². The second kappa shape index (κ2) is 56.8. The number of nitrogens with zero attached hydrogens (tertiary/aromatic N) is 6. The minimum atomic E-state index is -0.415. The number of aryl methyl sites for hydroxylation is 6. The van der Waals surface area contributed by atoms with Crippen molar-refractivity contribution in [3.63, 3.8) is 0 Å². The predicted octanol–water partition coefficient (Wildman–Crippen LogP) is 41.3. The first-order valence-corrected chi connectivity index (χ1v) is 62.6. The maximum absolute atomic E-state index is 11.0. The van der Waals surface area contributed by atoms with Crippen LogP contribution in [0.15, 0.2) is 274 Å². The number of rotatable bonds is 12. The molecule has 0 fully saturated rings. The summed E-state index contributed by atoms with van der Waals surface area (Å²) in [6, 6.07) is 77.2. The molecule has 0 unspecified atom stereocenters. The van der Waals surface area contributed by atoms with Crippen LogP contribution in [-0.4, -0.2) is 28.5 Å². The zero-order chi connectivity index (χ0) is 109. The molecule has 0 radical (unpaired) electrons. The van der Waals surface area contributed by atoms with Gasteiger partial charge in [-0.05, 0) is 255 Å². The van der Waals surface area contributed by atoms with Crippen LogP contribution in [0.2, 0.25) is 0 Å². The van der Waals surface area contributed by atoms with Crippen molar-refractivity contribution in [2.75, 3.05) is 0 Å². The quantitative estimate of drug-likeness (QED) is 0.104. The van der Waals surface area contributed by atoms with Gasteiger partial charge in [0.2, 0.25) is 0 Å². The van der Waals surface area contributed by atoms with Gasteiger partial charge in [-0.3, -0.25) is 0 Å². The Hall–Kier alpha value is -7.91. The maximum Gasteiger partial charge on any atom is 0.138 e. The van der Waals surface area contributed by atoms with Crippen LogP contribution in [0, 0.1) is 64.7 Å². The molecule has 3 N–H and O–H groups in total. The summed E-state index contributed by atoms with van der Waals surface area (Å²) < 4.78 is 27.8. The predicted molar refractivity (Wildman–Crippen MR) is 649 cm³/mol. The molecular formula is C130H151Br6Mo3N6O3-3. The molecule has 0 spiro atoms. The van der Waals surface area contributed by atoms with E-state index in [0.29, 0.717) is 50.2 Å². The van der Waals surface area contributed by atoms with Gasteiger partial charge < -0.3 is 30.3 Å². The molecule has 782 valence electrons. The molecule has 148 heavy (non-hydrogen) atoms. The molecule has 2 aliphatic rings. The number of phenolic OH excluding ortho intramolecular Hbond substituents is 3. The van der Waals surface area contributed by atoms with Crippen molar-refractivity contribution in [1.29, 1.82) is 0 Å². The molecule has 0 saturated carbocycles. The van der Waals surface area contributed by atoms with Crippen LogP contribution in [0.5, 0.6) is 17.2 Å². The first kappa shape index (κ1) is 122. The van der Waals surface area contributed by atoms with Crippen LogP contribution in [-0.2, 0) is 79.4 Å². The summed E-state index contributed by atoms with van der Waals surface area (Å²) in [4.78, 5) is 11.9. The van der Waals surface area contributed by atoms with Crippen molar-refractivity contribution in [1.82, 2.24) is 15.0 Å². The average Bonchev–Trinajstić information content (AvgIpc) is 0.822. The summed E-state index contributed by atoms with van der Waals surface area (Å²) in [7, 11) is 0. The molecule has 9 nitrogen and oxygen atoms in total. The van der Waals surface area contributed by atoms with Crippen LogP contribution >= 0.6 is 95.6 Å². The molecule has 16 aromatic rings. The summed E-state index contributed by atoms with van der Waals surface area (Å²) in [5, 5.41) is 41.5. The number of aromatic hydroxyl groups is 3. The Morgan fingerprint density at radius 2 is 0.514 bits per heavy atom. The SMILES string of the molecule is CC(C)c1cccc(C(C)C)c1[N]=[Mo]=[CH]C(C)(C)C.CC(C)c1cccc(C(C)C)c1[N]=[Mo]=[CH]C(C)(C)C.CC(C)c1cccc(C(C)C)c1[N]=[Mo]=[CH]C(C)(C)C.Cc1c(Br)cc2c(c1-c1c(O)c(Br)cc3c1CCCC3)CCCC2.Cc1c(Br)cc2ccccc2c1-c1c(O)c(Br)cc2ccccc12.Cc1c(Br)cc2ccccc2c1-c1c(O)c(Br)cc2ccccc12.Cc1ccc(C)[n-]1.Cc1ccc(C)[n-]1.c1cc[n-]c1. The standard InChI is InChI=1S/C21H22Br2O.2C21H14Br2O.3C12H17N.2C6H8N.3C5H10.C4H4N.3Mo/c3*1-12-17(22)10-13-6-2-4-8-15(13)19(12)20-16-9-5-3-7-14(16)11-18(23)21(20)24;3*1-8(2)10-6-5-7-11(9(3)4)12(10)13;2*1-5-3-4-6(2)7-5;3*1-5(2,3)4;1-2-4-5-3-1;;;/h10-11,24H,2-9H2,1H3;2*2-11,24H,1H3;3*5-9H,1-4H3;2*3-4H,1-2H3;3*1H,2-4H3;1-4H;;;/q;;;;;;2*-1;;;;-1;;;. The molecule has 0 amide bonds. The van der Waals surface area contributed by atoms with Crippen molar-refractivity contribution < 1.29 is 69.1 Å². The van der Waals surface area contributed by atoms with Gasteiger partial charge in [0, 0.05) is 30.1 Å². The Kier molecular flexibility index (Phi) is 46.8. The molecule has 3 heterocycles. The smallest absolute Gasteiger partial charge is 0.138 e. The fourth-order valence-electron chi connectivity index (χ4n) is 18.0. The van der Waals surface area contributed by atoms with Crippen molar-refractivity contribution in [3.05, 3.63) is 359 Å². The van der Waals surface area contributed by atoms with E-state index in [4.69, 9.17) is 10.5 Å². The third kappa shape index (κ3) is 34.0. The monoisotopic (exact) mass is 2610 g/mol. The second-order valence-electron chi connectivity index (χ2n) is 43.5. The van der Waals surface area contributed by atoms with Crippen LogP contribution in [0.3, 0.4) is 0 Å². The van der Waals surface area contributed by atoms with Crippen molar-refractivity contribution >= 4 is 169 Å². The zero-order valence-corrected chi connectivity index (χ0v) is 107. The first-order valence-electron chi connectivity index (χ1n) is 51.7. The van der Waals surface area contributed by atoms with Gasteiger partial charge in [-0.25, -0.2) is 0 Å². The molecular weight excluding hydrogens is 2460 g/mol. The molecule has 0 aliphatic heterocycles. The van der Waals surface area contributed by atoms with E-state index in [1.807, 2.05) is 125 Å². The van der Waals surface area contributed by atoms with Crippen LogP contribution in [0.25, 0.3) is 76.5 Å². The van der Waals surface area contributed by atoms with E-state index in [0.717, 1.165) is 144 Å². The molecule has 18 heteroatoms. The second-order valence-corrected chi connectivity index (χ2v) is 53.3. The number of hydrogen-bond donors (Lipinski definition) is 3. The Bertz CT molecular complexity index is 6650. The van der Waals surface area contributed by atoms with E-state index in [2.05, 4.69) is 417 Å². The minimum absolute atomic E-state index is 0.278. The van der Waals surface area contributed by atoms with Gasteiger partial charge in [-0.15, -0.1) is 0 Å². The Labute approximate surface area is 959 Å². The third-order valence-electron chi connectivity index (χ3n) is 25.6. The number of benzene rings is 13. The van der Waals surface area contributed by atoms with Gasteiger partial charge in [-0.1, -0.05) is 209 Å². The molecule has 0 atom stereocenters. The zero-order valence-electron chi connectivity index (χ0n) is 91.9. The van der Waals surface area contributed by atoms with Gasteiger partial charge in [0.15, 0.2) is 0 Å². The Morgan fingerprint density at radius 3 is 0.777 bits per heavy atom. The van der Waals surface area contributed by atoms with Crippen LogP contribution < -0.4 is 15.0 Å². The van der Waals surface area contributed by atoms with Crippen molar-refractivity contribution in [3.8, 4) is 50.6 Å². The Balaban J connectivity index is 0.000000175. The van der Waals surface area contributed by atoms with Gasteiger partial charge in [0.05, 0.1) is 13.4 Å². The summed E-state index contributed by atoms with van der Waals surface area (Å²) in [6.07, 6.45) is 13.0. The number of fused-ring (bicyclic) bond motifs is 6. The molecule has 0 bridgehead atoms. The first-order chi connectivity index (χ1) is 70.0. The van der Waals surface area contributed by atoms with E-state index in [9.17, 15) is 15.3 Å². The van der Waals surface area contributed by atoms with Crippen molar-refractivity contribution in [2.45, 2.75) is 281 Å². The van der Waals surface area contributed by atoms with E-state index in [1.54, 1.807) is 12.4 Å². The fourth-order valence-corrected chi connectivity index (χ4v) is 25.8. The largest absolute Gasteiger partial charge is 0.670 e. The molecule has 18 rings (SSSR count). The average molecular weight is 2610 g/mol.